The summed E-state index contributed by atoms with van der Waals surface area (Å²) in [7, 11) is 1.41. The Morgan fingerprint density at radius 3 is 2.93 bits per heavy atom. The Labute approximate surface area is 90.1 Å². The second kappa shape index (κ2) is 3.47. The van der Waals surface area contributed by atoms with Crippen molar-refractivity contribution in [3.63, 3.8) is 0 Å². The first kappa shape index (κ1) is 9.86. The number of fused-ring (bicyclic) bond motifs is 1. The number of halogens is 1. The molecule has 15 heavy (non-hydrogen) atoms. The summed E-state index contributed by atoms with van der Waals surface area (Å²) in [4.78, 5) is 14.4. The van der Waals surface area contributed by atoms with Crippen molar-refractivity contribution >= 4 is 22.5 Å². The van der Waals surface area contributed by atoms with Gasteiger partial charge in [-0.15, -0.1) is 0 Å². The van der Waals surface area contributed by atoms with Gasteiger partial charge in [0.15, 0.2) is 16.9 Å². The summed E-state index contributed by atoms with van der Waals surface area (Å²) in [5.41, 5.74) is 0.286. The van der Waals surface area contributed by atoms with Crippen LogP contribution < -0.4 is 10.2 Å². The molecule has 0 aliphatic carbocycles. The molecule has 0 fully saturated rings. The maximum atomic E-state index is 11.5. The minimum atomic E-state index is -0.244. The molecule has 0 bridgehead atoms. The number of aromatic hydroxyl groups is 1. The molecule has 4 nitrogen and oxygen atoms in total. The fraction of sp³-hybridized carbons (Fsp3) is 0.100. The summed E-state index contributed by atoms with van der Waals surface area (Å²) < 4.78 is 4.92. The van der Waals surface area contributed by atoms with Crippen LogP contribution in [0.4, 0.5) is 0 Å². The van der Waals surface area contributed by atoms with Crippen LogP contribution in [-0.4, -0.2) is 17.2 Å². The quantitative estimate of drug-likeness (QED) is 0.779. The minimum absolute atomic E-state index is 0.00574. The first-order chi connectivity index (χ1) is 7.15. The zero-order valence-electron chi connectivity index (χ0n) is 7.87. The van der Waals surface area contributed by atoms with E-state index in [1.807, 2.05) is 0 Å². The Balaban J connectivity index is 2.97. The van der Waals surface area contributed by atoms with Gasteiger partial charge in [-0.1, -0.05) is 11.6 Å². The standard InChI is InChI=1S/C10H8ClNO3/c1-15-7-4-5-8(9(11)10(7)14)6(13)2-3-12-5/h2-4,14H,1H3,(H,12,13). The zero-order chi connectivity index (χ0) is 11.0. The number of H-pyrrole nitrogens is 1. The summed E-state index contributed by atoms with van der Waals surface area (Å²) >= 11 is 5.87. The van der Waals surface area contributed by atoms with E-state index in [4.69, 9.17) is 16.3 Å². The molecule has 1 aromatic heterocycles. The normalized spacial score (nSPS) is 10.5. The molecule has 78 valence electrons. The van der Waals surface area contributed by atoms with Gasteiger partial charge in [-0.25, -0.2) is 0 Å². The molecule has 2 aromatic rings. The van der Waals surface area contributed by atoms with Crippen LogP contribution in [0.15, 0.2) is 23.1 Å². The average Bonchev–Trinajstić information content (AvgIpc) is 2.23. The molecule has 0 atom stereocenters. The van der Waals surface area contributed by atoms with E-state index in [0.29, 0.717) is 5.52 Å². The first-order valence-electron chi connectivity index (χ1n) is 4.22. The highest BCUT2D eigenvalue weighted by Gasteiger charge is 2.13. The molecule has 0 saturated heterocycles. The van der Waals surface area contributed by atoms with Crippen molar-refractivity contribution in [3.05, 3.63) is 33.6 Å². The van der Waals surface area contributed by atoms with Crippen molar-refractivity contribution in [2.45, 2.75) is 0 Å². The van der Waals surface area contributed by atoms with Crippen LogP contribution in [0, 0.1) is 0 Å². The number of rotatable bonds is 1. The summed E-state index contributed by atoms with van der Waals surface area (Å²) in [6.45, 7) is 0. The highest BCUT2D eigenvalue weighted by Crippen LogP contribution is 2.37. The van der Waals surface area contributed by atoms with Gasteiger partial charge in [-0.2, -0.15) is 0 Å². The van der Waals surface area contributed by atoms with Gasteiger partial charge in [0.25, 0.3) is 0 Å². The third-order valence-electron chi connectivity index (χ3n) is 2.15. The fourth-order valence-electron chi connectivity index (χ4n) is 1.42. The number of phenolic OH excluding ortho intramolecular Hbond substituents is 1. The first-order valence-corrected chi connectivity index (χ1v) is 4.60. The van der Waals surface area contributed by atoms with E-state index in [0.717, 1.165) is 0 Å². The number of phenols is 1. The number of pyridine rings is 1. The van der Waals surface area contributed by atoms with E-state index in [1.165, 1.54) is 25.4 Å². The molecule has 0 amide bonds. The summed E-state index contributed by atoms with van der Waals surface area (Å²) in [5.74, 6) is 0.0118. The number of nitrogens with one attached hydrogen (secondary N) is 1. The van der Waals surface area contributed by atoms with Gasteiger partial charge in [0.1, 0.15) is 0 Å². The Hall–Kier alpha value is -1.68. The van der Waals surface area contributed by atoms with E-state index < -0.39 is 0 Å². The molecule has 0 spiro atoms. The van der Waals surface area contributed by atoms with Crippen LogP contribution in [-0.2, 0) is 0 Å². The van der Waals surface area contributed by atoms with Crippen LogP contribution in [0.2, 0.25) is 5.02 Å². The van der Waals surface area contributed by atoms with Crippen molar-refractivity contribution in [1.29, 1.82) is 0 Å². The molecule has 0 aliphatic heterocycles. The second-order valence-electron chi connectivity index (χ2n) is 3.01. The number of hydrogen-bond acceptors (Lipinski definition) is 3. The number of benzene rings is 1. The Kier molecular flexibility index (Phi) is 2.28. The summed E-state index contributed by atoms with van der Waals surface area (Å²) in [6, 6.07) is 2.87. The third-order valence-corrected chi connectivity index (χ3v) is 2.51. The van der Waals surface area contributed by atoms with E-state index in [2.05, 4.69) is 4.98 Å². The number of aromatic amines is 1. The topological polar surface area (TPSA) is 62.3 Å². The average molecular weight is 226 g/mol. The molecule has 1 aromatic carbocycles. The largest absolute Gasteiger partial charge is 0.503 e. The lowest BCUT2D eigenvalue weighted by molar-refractivity contribution is 0.374. The van der Waals surface area contributed by atoms with Crippen molar-refractivity contribution in [2.24, 2.45) is 0 Å². The van der Waals surface area contributed by atoms with E-state index in [9.17, 15) is 9.90 Å². The highest BCUT2D eigenvalue weighted by atomic mass is 35.5. The summed E-state index contributed by atoms with van der Waals surface area (Å²) in [5, 5.41) is 9.88. The van der Waals surface area contributed by atoms with Crippen LogP contribution in [0.25, 0.3) is 10.9 Å². The Morgan fingerprint density at radius 1 is 1.53 bits per heavy atom. The third kappa shape index (κ3) is 1.43. The van der Waals surface area contributed by atoms with Gasteiger partial charge in [-0.05, 0) is 0 Å². The molecule has 0 saturated carbocycles. The minimum Gasteiger partial charge on any atom is -0.503 e. The van der Waals surface area contributed by atoms with Crippen LogP contribution in [0.5, 0.6) is 11.5 Å². The lowest BCUT2D eigenvalue weighted by Crippen LogP contribution is -2.01. The van der Waals surface area contributed by atoms with Crippen molar-refractivity contribution in [3.8, 4) is 11.5 Å². The lowest BCUT2D eigenvalue weighted by atomic mass is 10.2. The predicted molar refractivity (Wildman–Crippen MR) is 57.8 cm³/mol. The molecular formula is C10H8ClNO3. The van der Waals surface area contributed by atoms with Gasteiger partial charge in [-0.3, -0.25) is 4.79 Å². The Morgan fingerprint density at radius 2 is 2.27 bits per heavy atom. The van der Waals surface area contributed by atoms with Gasteiger partial charge in [0, 0.05) is 18.3 Å². The van der Waals surface area contributed by atoms with Gasteiger partial charge in [0.2, 0.25) is 0 Å². The van der Waals surface area contributed by atoms with Crippen molar-refractivity contribution in [1.82, 2.24) is 4.98 Å². The van der Waals surface area contributed by atoms with Gasteiger partial charge in [0.05, 0.1) is 23.0 Å². The molecule has 0 unspecified atom stereocenters. The molecule has 5 heteroatoms. The predicted octanol–water partition coefficient (Wildman–Crippen LogP) is 1.90. The monoisotopic (exact) mass is 225 g/mol. The molecular weight excluding hydrogens is 218 g/mol. The number of hydrogen-bond donors (Lipinski definition) is 2. The number of methoxy groups -OCH3 is 1. The molecule has 2 rings (SSSR count). The summed E-state index contributed by atoms with van der Waals surface area (Å²) in [6.07, 6.45) is 1.51. The van der Waals surface area contributed by atoms with E-state index in [-0.39, 0.29) is 27.3 Å². The number of ether oxygens (including phenoxy) is 1. The van der Waals surface area contributed by atoms with Crippen molar-refractivity contribution in [2.75, 3.05) is 7.11 Å². The molecule has 0 aliphatic rings. The fourth-order valence-corrected chi connectivity index (χ4v) is 1.71. The van der Waals surface area contributed by atoms with Gasteiger partial charge >= 0.3 is 0 Å². The Bertz CT molecular complexity index is 577. The molecule has 2 N–H and O–H groups in total. The van der Waals surface area contributed by atoms with Crippen LogP contribution in [0.3, 0.4) is 0 Å². The zero-order valence-corrected chi connectivity index (χ0v) is 8.63. The molecule has 1 heterocycles. The maximum Gasteiger partial charge on any atom is 0.191 e. The SMILES string of the molecule is COc1cc2[nH]ccc(=O)c2c(Cl)c1O. The van der Waals surface area contributed by atoms with Crippen LogP contribution in [0.1, 0.15) is 0 Å². The van der Waals surface area contributed by atoms with Crippen molar-refractivity contribution < 1.29 is 9.84 Å². The van der Waals surface area contributed by atoms with Gasteiger partial charge < -0.3 is 14.8 Å². The van der Waals surface area contributed by atoms with Crippen LogP contribution >= 0.6 is 11.6 Å². The smallest absolute Gasteiger partial charge is 0.191 e. The molecule has 0 radical (unpaired) electrons. The number of aromatic nitrogens is 1. The lowest BCUT2D eigenvalue weighted by Gasteiger charge is -2.07. The van der Waals surface area contributed by atoms with E-state index >= 15 is 0 Å². The second-order valence-corrected chi connectivity index (χ2v) is 3.38. The maximum absolute atomic E-state index is 11.5. The van der Waals surface area contributed by atoms with E-state index in [1.54, 1.807) is 0 Å². The highest BCUT2D eigenvalue weighted by molar-refractivity contribution is 6.37.